The van der Waals surface area contributed by atoms with Gasteiger partial charge in [-0.2, -0.15) is 0 Å². The fourth-order valence-electron chi connectivity index (χ4n) is 2.99. The lowest BCUT2D eigenvalue weighted by Gasteiger charge is -2.29. The molecule has 0 spiro atoms. The Morgan fingerprint density at radius 1 is 1.44 bits per heavy atom. The van der Waals surface area contributed by atoms with Crippen LogP contribution in [0.25, 0.3) is 0 Å². The summed E-state index contributed by atoms with van der Waals surface area (Å²) in [7, 11) is 1.59. The summed E-state index contributed by atoms with van der Waals surface area (Å²) in [5.74, 6) is 1.54. The minimum atomic E-state index is 0.167. The Morgan fingerprint density at radius 2 is 2.22 bits per heavy atom. The van der Waals surface area contributed by atoms with Gasteiger partial charge in [-0.3, -0.25) is 9.78 Å². The van der Waals surface area contributed by atoms with Crippen molar-refractivity contribution in [1.29, 1.82) is 0 Å². The number of rotatable bonds is 4. The molecule has 1 aromatic rings. The van der Waals surface area contributed by atoms with E-state index in [2.05, 4.69) is 11.9 Å². The minimum absolute atomic E-state index is 0.167. The van der Waals surface area contributed by atoms with E-state index < -0.39 is 0 Å². The van der Waals surface area contributed by atoms with E-state index in [0.717, 1.165) is 12.8 Å². The molecule has 0 N–H and O–H groups in total. The van der Waals surface area contributed by atoms with Gasteiger partial charge in [0.1, 0.15) is 5.75 Å². The molecule has 0 aliphatic heterocycles. The molecule has 2 atom stereocenters. The Hall–Kier alpha value is -1.38. The number of aromatic nitrogens is 1. The van der Waals surface area contributed by atoms with Crippen LogP contribution in [0.1, 0.15) is 49.4 Å². The highest BCUT2D eigenvalue weighted by Crippen LogP contribution is 2.35. The van der Waals surface area contributed by atoms with Crippen molar-refractivity contribution in [2.75, 3.05) is 7.11 Å². The summed E-state index contributed by atoms with van der Waals surface area (Å²) >= 11 is 0. The first-order chi connectivity index (χ1) is 8.77. The Kier molecular flexibility index (Phi) is 4.34. The van der Waals surface area contributed by atoms with E-state index in [9.17, 15) is 4.79 Å². The van der Waals surface area contributed by atoms with Gasteiger partial charge in [-0.15, -0.1) is 0 Å². The molecular weight excluding hydrogens is 226 g/mol. The molecule has 1 heterocycles. The molecule has 0 amide bonds. The van der Waals surface area contributed by atoms with Crippen molar-refractivity contribution in [2.45, 2.75) is 39.0 Å². The number of pyridine rings is 1. The highest BCUT2D eigenvalue weighted by atomic mass is 16.5. The maximum atomic E-state index is 12.6. The molecule has 2 unspecified atom stereocenters. The number of carbonyl (C=O) groups is 1. The van der Waals surface area contributed by atoms with Gasteiger partial charge >= 0.3 is 0 Å². The maximum absolute atomic E-state index is 12.6. The van der Waals surface area contributed by atoms with Crippen molar-refractivity contribution >= 4 is 5.78 Å². The SMILES string of the molecule is CCC1CCCCC1C(=O)c1ccncc1OC. The van der Waals surface area contributed by atoms with Gasteiger partial charge in [0.25, 0.3) is 0 Å². The standard InChI is InChI=1S/C15H21NO2/c1-3-11-6-4-5-7-12(11)15(17)13-8-9-16-10-14(13)18-2/h8-12H,3-7H2,1-2H3. The normalized spacial score (nSPS) is 23.7. The third-order valence-corrected chi connectivity index (χ3v) is 4.04. The van der Waals surface area contributed by atoms with Gasteiger partial charge in [-0.1, -0.05) is 26.2 Å². The molecule has 1 saturated carbocycles. The van der Waals surface area contributed by atoms with E-state index >= 15 is 0 Å². The molecule has 1 aliphatic rings. The predicted molar refractivity (Wildman–Crippen MR) is 70.9 cm³/mol. The smallest absolute Gasteiger partial charge is 0.170 e. The van der Waals surface area contributed by atoms with Gasteiger partial charge < -0.3 is 4.74 Å². The summed E-state index contributed by atoms with van der Waals surface area (Å²) in [6.45, 7) is 2.18. The molecule has 0 aromatic carbocycles. The fourth-order valence-corrected chi connectivity index (χ4v) is 2.99. The fraction of sp³-hybridized carbons (Fsp3) is 0.600. The third-order valence-electron chi connectivity index (χ3n) is 4.04. The number of methoxy groups -OCH3 is 1. The van der Waals surface area contributed by atoms with Crippen LogP contribution in [0.4, 0.5) is 0 Å². The summed E-state index contributed by atoms with van der Waals surface area (Å²) in [6.07, 6.45) is 9.00. The van der Waals surface area contributed by atoms with Crippen molar-refractivity contribution in [3.63, 3.8) is 0 Å². The molecule has 0 saturated heterocycles. The lowest BCUT2D eigenvalue weighted by molar-refractivity contribution is 0.0817. The molecule has 1 aromatic heterocycles. The Balaban J connectivity index is 2.24. The average molecular weight is 247 g/mol. The highest BCUT2D eigenvalue weighted by molar-refractivity contribution is 6.00. The highest BCUT2D eigenvalue weighted by Gasteiger charge is 2.31. The van der Waals surface area contributed by atoms with E-state index in [1.54, 1.807) is 25.6 Å². The van der Waals surface area contributed by atoms with Crippen molar-refractivity contribution < 1.29 is 9.53 Å². The molecule has 1 fully saturated rings. The van der Waals surface area contributed by atoms with Crippen molar-refractivity contribution in [2.24, 2.45) is 11.8 Å². The quantitative estimate of drug-likeness (QED) is 0.764. The molecule has 3 nitrogen and oxygen atoms in total. The van der Waals surface area contributed by atoms with Crippen LogP contribution in [0.15, 0.2) is 18.5 Å². The Labute approximate surface area is 109 Å². The predicted octanol–water partition coefficient (Wildman–Crippen LogP) is 3.49. The van der Waals surface area contributed by atoms with Crippen LogP contribution in [-0.2, 0) is 0 Å². The first kappa shape index (κ1) is 13.1. The van der Waals surface area contributed by atoms with Gasteiger partial charge in [-0.25, -0.2) is 0 Å². The van der Waals surface area contributed by atoms with Gasteiger partial charge in [-0.05, 0) is 24.8 Å². The van der Waals surface area contributed by atoms with Gasteiger partial charge in [0.15, 0.2) is 5.78 Å². The van der Waals surface area contributed by atoms with Crippen LogP contribution in [0, 0.1) is 11.8 Å². The number of nitrogens with zero attached hydrogens (tertiary/aromatic N) is 1. The molecule has 1 aliphatic carbocycles. The second-order valence-corrected chi connectivity index (χ2v) is 5.00. The summed E-state index contributed by atoms with van der Waals surface area (Å²) in [5.41, 5.74) is 0.692. The molecule has 2 rings (SSSR count). The lowest BCUT2D eigenvalue weighted by atomic mass is 9.74. The number of carbonyl (C=O) groups excluding carboxylic acids is 1. The number of hydrogen-bond acceptors (Lipinski definition) is 3. The van der Waals surface area contributed by atoms with Gasteiger partial charge in [0.05, 0.1) is 18.9 Å². The molecule has 3 heteroatoms. The lowest BCUT2D eigenvalue weighted by Crippen LogP contribution is -2.27. The van der Waals surface area contributed by atoms with E-state index in [0.29, 0.717) is 17.2 Å². The average Bonchev–Trinajstić information content (AvgIpc) is 2.46. The molecule has 18 heavy (non-hydrogen) atoms. The summed E-state index contributed by atoms with van der Waals surface area (Å²) in [4.78, 5) is 16.6. The van der Waals surface area contributed by atoms with E-state index in [-0.39, 0.29) is 11.7 Å². The number of Topliss-reactive ketones (excluding diaryl/α,β-unsaturated/α-hetero) is 1. The summed E-state index contributed by atoms with van der Waals surface area (Å²) in [6, 6.07) is 1.78. The zero-order valence-electron chi connectivity index (χ0n) is 11.2. The van der Waals surface area contributed by atoms with Crippen molar-refractivity contribution in [3.8, 4) is 5.75 Å². The molecule has 98 valence electrons. The summed E-state index contributed by atoms with van der Waals surface area (Å²) < 4.78 is 5.24. The van der Waals surface area contributed by atoms with Gasteiger partial charge in [0.2, 0.25) is 0 Å². The number of hydrogen-bond donors (Lipinski definition) is 0. The van der Waals surface area contributed by atoms with Crippen molar-refractivity contribution in [1.82, 2.24) is 4.98 Å². The van der Waals surface area contributed by atoms with Crippen molar-refractivity contribution in [3.05, 3.63) is 24.0 Å². The van der Waals surface area contributed by atoms with Crippen LogP contribution in [0.2, 0.25) is 0 Å². The second kappa shape index (κ2) is 5.98. The number of ether oxygens (including phenoxy) is 1. The first-order valence-corrected chi connectivity index (χ1v) is 6.80. The zero-order chi connectivity index (χ0) is 13.0. The monoisotopic (exact) mass is 247 g/mol. The molecule has 0 bridgehead atoms. The largest absolute Gasteiger partial charge is 0.494 e. The maximum Gasteiger partial charge on any atom is 0.170 e. The molecular formula is C15H21NO2. The third kappa shape index (κ3) is 2.55. The topological polar surface area (TPSA) is 39.2 Å². The minimum Gasteiger partial charge on any atom is -0.494 e. The number of ketones is 1. The van der Waals surface area contributed by atoms with Crippen LogP contribution < -0.4 is 4.74 Å². The van der Waals surface area contributed by atoms with Crippen LogP contribution in [0.3, 0.4) is 0 Å². The zero-order valence-corrected chi connectivity index (χ0v) is 11.2. The van der Waals surface area contributed by atoms with Crippen LogP contribution in [0.5, 0.6) is 5.75 Å². The van der Waals surface area contributed by atoms with E-state index in [4.69, 9.17) is 4.74 Å². The summed E-state index contributed by atoms with van der Waals surface area (Å²) in [5, 5.41) is 0. The van der Waals surface area contributed by atoms with E-state index in [1.807, 2.05) is 0 Å². The second-order valence-electron chi connectivity index (χ2n) is 5.00. The Bertz CT molecular complexity index is 417. The van der Waals surface area contributed by atoms with Crippen LogP contribution in [-0.4, -0.2) is 17.9 Å². The van der Waals surface area contributed by atoms with E-state index in [1.165, 1.54) is 19.3 Å². The molecule has 0 radical (unpaired) electrons. The Morgan fingerprint density at radius 3 is 2.94 bits per heavy atom. The van der Waals surface area contributed by atoms with Crippen LogP contribution >= 0.6 is 0 Å². The first-order valence-electron chi connectivity index (χ1n) is 6.80. The van der Waals surface area contributed by atoms with Gasteiger partial charge in [0, 0.05) is 12.1 Å².